The van der Waals surface area contributed by atoms with Gasteiger partial charge in [-0.2, -0.15) is 5.10 Å². The topological polar surface area (TPSA) is 41.7 Å². The molecule has 0 bridgehead atoms. The van der Waals surface area contributed by atoms with Gasteiger partial charge in [0.15, 0.2) is 0 Å². The van der Waals surface area contributed by atoms with Crippen molar-refractivity contribution in [3.05, 3.63) is 41.2 Å². The molecule has 1 heterocycles. The first kappa shape index (κ1) is 18.3. The minimum atomic E-state index is -2.55. The van der Waals surface area contributed by atoms with E-state index < -0.39 is 6.43 Å². The Balaban J connectivity index is 2.52. The molecule has 130 valence electrons. The number of aryl methyl sites for hydroxylation is 2. The molecular formula is C19H25F2N3. The van der Waals surface area contributed by atoms with Crippen LogP contribution in [0.2, 0.25) is 0 Å². The lowest BCUT2D eigenvalue weighted by atomic mass is 9.81. The highest BCUT2D eigenvalue weighted by Gasteiger charge is 2.23. The summed E-state index contributed by atoms with van der Waals surface area (Å²) >= 11 is 0. The Morgan fingerprint density at radius 3 is 2.50 bits per heavy atom. The van der Waals surface area contributed by atoms with Crippen molar-refractivity contribution in [1.82, 2.24) is 9.78 Å². The Kier molecular flexibility index (Phi) is 5.86. The quantitative estimate of drug-likeness (QED) is 0.668. The van der Waals surface area contributed by atoms with Crippen LogP contribution in [0, 0.1) is 18.3 Å². The molecule has 0 aliphatic carbocycles. The summed E-state index contributed by atoms with van der Waals surface area (Å²) in [5, 5.41) is 11.7. The third kappa shape index (κ3) is 3.71. The molecule has 2 atom stereocenters. The summed E-state index contributed by atoms with van der Waals surface area (Å²) in [5.74, 6) is 0.117. The van der Waals surface area contributed by atoms with E-state index >= 15 is 0 Å². The molecule has 0 spiro atoms. The van der Waals surface area contributed by atoms with Crippen LogP contribution in [-0.4, -0.2) is 16.0 Å². The zero-order chi connectivity index (χ0) is 17.9. The Bertz CT molecular complexity index is 707. The molecule has 1 aromatic heterocycles. The number of halogens is 2. The molecule has 0 fully saturated rings. The van der Waals surface area contributed by atoms with Gasteiger partial charge in [0.25, 0.3) is 6.43 Å². The fourth-order valence-corrected chi connectivity index (χ4v) is 3.27. The summed E-state index contributed by atoms with van der Waals surface area (Å²) in [4.78, 5) is 0. The molecule has 0 aliphatic rings. The predicted molar refractivity (Wildman–Crippen MR) is 93.9 cm³/mol. The molecule has 0 saturated heterocycles. The average Bonchev–Trinajstić information content (AvgIpc) is 2.97. The fraction of sp³-hybridized carbons (Fsp3) is 0.474. The van der Waals surface area contributed by atoms with Crippen LogP contribution in [0.25, 0.3) is 11.1 Å². The molecule has 5 heteroatoms. The largest absolute Gasteiger partial charge is 0.313 e. The van der Waals surface area contributed by atoms with Crippen LogP contribution in [0.3, 0.4) is 0 Å². The first-order chi connectivity index (χ1) is 11.4. The van der Waals surface area contributed by atoms with Gasteiger partial charge in [0, 0.05) is 30.3 Å². The van der Waals surface area contributed by atoms with Crippen LogP contribution < -0.4 is 0 Å². The average molecular weight is 333 g/mol. The Morgan fingerprint density at radius 1 is 1.29 bits per heavy atom. The molecule has 1 N–H and O–H groups in total. The molecule has 2 unspecified atom stereocenters. The van der Waals surface area contributed by atoms with Gasteiger partial charge in [-0.15, -0.1) is 0 Å². The van der Waals surface area contributed by atoms with E-state index in [1.54, 1.807) is 30.2 Å². The smallest absolute Gasteiger partial charge is 0.264 e. The van der Waals surface area contributed by atoms with Crippen LogP contribution in [-0.2, 0) is 7.05 Å². The number of hydrogen-bond acceptors (Lipinski definition) is 2. The second kappa shape index (κ2) is 7.69. The van der Waals surface area contributed by atoms with E-state index in [-0.39, 0.29) is 17.4 Å². The summed E-state index contributed by atoms with van der Waals surface area (Å²) < 4.78 is 28.9. The van der Waals surface area contributed by atoms with Gasteiger partial charge in [-0.3, -0.25) is 4.68 Å². The highest BCUT2D eigenvalue weighted by molar-refractivity contribution is 5.69. The van der Waals surface area contributed by atoms with E-state index in [1.807, 2.05) is 19.9 Å². The van der Waals surface area contributed by atoms with Crippen molar-refractivity contribution in [1.29, 1.82) is 5.41 Å². The van der Waals surface area contributed by atoms with Crippen LogP contribution in [0.15, 0.2) is 24.5 Å². The number of rotatable bonds is 7. The standard InChI is InChI=1S/C19H25F2N3/c1-5-6-14(9-22)13(3)16-8-18(19(20)21)17(7-12(16)2)15-10-23-24(4)11-15/h7-11,13-14,19,22H,5-6H2,1-4H3. The monoisotopic (exact) mass is 333 g/mol. The second-order valence-corrected chi connectivity index (χ2v) is 6.41. The maximum Gasteiger partial charge on any atom is 0.264 e. The van der Waals surface area contributed by atoms with Crippen molar-refractivity contribution in [3.63, 3.8) is 0 Å². The molecule has 2 aromatic rings. The Hall–Kier alpha value is -2.04. The first-order valence-electron chi connectivity index (χ1n) is 8.31. The van der Waals surface area contributed by atoms with Gasteiger partial charge in [0.05, 0.1) is 6.20 Å². The lowest BCUT2D eigenvalue weighted by Gasteiger charge is -2.23. The normalized spacial score (nSPS) is 14.0. The zero-order valence-corrected chi connectivity index (χ0v) is 14.7. The van der Waals surface area contributed by atoms with E-state index in [1.165, 1.54) is 6.21 Å². The lowest BCUT2D eigenvalue weighted by molar-refractivity contribution is 0.152. The van der Waals surface area contributed by atoms with E-state index in [4.69, 9.17) is 5.41 Å². The van der Waals surface area contributed by atoms with Crippen molar-refractivity contribution in [2.75, 3.05) is 0 Å². The number of hydrogen-bond donors (Lipinski definition) is 1. The Morgan fingerprint density at radius 2 is 2.00 bits per heavy atom. The van der Waals surface area contributed by atoms with Crippen LogP contribution in [0.5, 0.6) is 0 Å². The lowest BCUT2D eigenvalue weighted by Crippen LogP contribution is -2.13. The molecule has 1 aromatic carbocycles. The van der Waals surface area contributed by atoms with E-state index in [0.717, 1.165) is 24.0 Å². The molecule has 2 rings (SSSR count). The molecule has 0 saturated carbocycles. The predicted octanol–water partition coefficient (Wildman–Crippen LogP) is 5.50. The molecule has 0 aliphatic heterocycles. The van der Waals surface area contributed by atoms with Gasteiger partial charge < -0.3 is 5.41 Å². The number of alkyl halides is 2. The summed E-state index contributed by atoms with van der Waals surface area (Å²) in [6.45, 7) is 6.05. The van der Waals surface area contributed by atoms with Gasteiger partial charge >= 0.3 is 0 Å². The molecule has 0 radical (unpaired) electrons. The fourth-order valence-electron chi connectivity index (χ4n) is 3.27. The van der Waals surface area contributed by atoms with Gasteiger partial charge in [0.2, 0.25) is 0 Å². The van der Waals surface area contributed by atoms with E-state index in [9.17, 15) is 8.78 Å². The van der Waals surface area contributed by atoms with E-state index in [2.05, 4.69) is 12.0 Å². The van der Waals surface area contributed by atoms with Gasteiger partial charge in [-0.05, 0) is 48.2 Å². The van der Waals surface area contributed by atoms with Crippen molar-refractivity contribution in [2.45, 2.75) is 46.0 Å². The summed E-state index contributed by atoms with van der Waals surface area (Å²) in [6.07, 6.45) is 4.13. The minimum Gasteiger partial charge on any atom is -0.313 e. The van der Waals surface area contributed by atoms with Gasteiger partial charge in [-0.25, -0.2) is 8.78 Å². The van der Waals surface area contributed by atoms with E-state index in [0.29, 0.717) is 11.1 Å². The van der Waals surface area contributed by atoms with Crippen molar-refractivity contribution in [2.24, 2.45) is 13.0 Å². The van der Waals surface area contributed by atoms with Gasteiger partial charge in [0.1, 0.15) is 0 Å². The highest BCUT2D eigenvalue weighted by atomic mass is 19.3. The third-order valence-electron chi connectivity index (χ3n) is 4.66. The van der Waals surface area contributed by atoms with Crippen LogP contribution in [0.1, 0.15) is 55.7 Å². The SMILES string of the molecule is CCCC(C=N)C(C)c1cc(C(F)F)c(-c2cnn(C)c2)cc1C. The minimum absolute atomic E-state index is 0.0377. The summed E-state index contributed by atoms with van der Waals surface area (Å²) in [7, 11) is 1.77. The first-order valence-corrected chi connectivity index (χ1v) is 8.31. The summed E-state index contributed by atoms with van der Waals surface area (Å²) in [6, 6.07) is 3.45. The number of benzene rings is 1. The van der Waals surface area contributed by atoms with Crippen molar-refractivity contribution >= 4 is 6.21 Å². The van der Waals surface area contributed by atoms with Crippen LogP contribution in [0.4, 0.5) is 8.78 Å². The third-order valence-corrected chi connectivity index (χ3v) is 4.66. The molecular weight excluding hydrogens is 308 g/mol. The maximum absolute atomic E-state index is 13.7. The molecule has 24 heavy (non-hydrogen) atoms. The summed E-state index contributed by atoms with van der Waals surface area (Å²) in [5.41, 5.74) is 3.16. The number of nitrogens with one attached hydrogen (secondary N) is 1. The van der Waals surface area contributed by atoms with Crippen LogP contribution >= 0.6 is 0 Å². The van der Waals surface area contributed by atoms with Crippen molar-refractivity contribution in [3.8, 4) is 11.1 Å². The maximum atomic E-state index is 13.7. The number of nitrogens with zero attached hydrogens (tertiary/aromatic N) is 2. The second-order valence-electron chi connectivity index (χ2n) is 6.41. The molecule has 3 nitrogen and oxygen atoms in total. The Labute approximate surface area is 142 Å². The highest BCUT2D eigenvalue weighted by Crippen LogP contribution is 2.37. The number of aromatic nitrogens is 2. The molecule has 0 amide bonds. The zero-order valence-electron chi connectivity index (χ0n) is 14.7. The van der Waals surface area contributed by atoms with Gasteiger partial charge in [-0.1, -0.05) is 26.3 Å². The van der Waals surface area contributed by atoms with Crippen molar-refractivity contribution < 1.29 is 8.78 Å².